The van der Waals surface area contributed by atoms with Crippen LogP contribution in [0.1, 0.15) is 71.1 Å². The van der Waals surface area contributed by atoms with E-state index in [-0.39, 0.29) is 12.2 Å². The largest absolute Gasteiger partial charge is 0.481 e. The molecular weight excluding hydrogens is 280 g/mol. The summed E-state index contributed by atoms with van der Waals surface area (Å²) in [6.07, 6.45) is 14.3. The summed E-state index contributed by atoms with van der Waals surface area (Å²) in [6, 6.07) is 0. The lowest BCUT2D eigenvalue weighted by Gasteiger charge is -2.06. The van der Waals surface area contributed by atoms with Crippen molar-refractivity contribution < 1.29 is 19.8 Å². The first-order valence-corrected chi connectivity index (χ1v) is 8.30. The van der Waals surface area contributed by atoms with E-state index in [1.54, 1.807) is 6.08 Å². The van der Waals surface area contributed by atoms with Gasteiger partial charge in [0.25, 0.3) is 0 Å². The molecule has 0 spiro atoms. The second kappa shape index (κ2) is 14.5. The summed E-state index contributed by atoms with van der Waals surface area (Å²) in [5.74, 6) is -0.849. The summed E-state index contributed by atoms with van der Waals surface area (Å²) in [4.78, 5) is 21.9. The first-order valence-electron chi connectivity index (χ1n) is 8.30. The zero-order valence-electron chi connectivity index (χ0n) is 13.7. The Morgan fingerprint density at radius 2 is 1.73 bits per heavy atom. The van der Waals surface area contributed by atoms with Gasteiger partial charge in [-0.05, 0) is 32.1 Å². The van der Waals surface area contributed by atoms with E-state index in [9.17, 15) is 14.7 Å². The fraction of sp³-hybridized carbons (Fsp3) is 0.667. The maximum absolute atomic E-state index is 11.6. The summed E-state index contributed by atoms with van der Waals surface area (Å²) in [5, 5.41) is 18.2. The van der Waals surface area contributed by atoms with Crippen LogP contribution in [0.3, 0.4) is 0 Å². The fourth-order valence-corrected chi connectivity index (χ4v) is 2.01. The van der Waals surface area contributed by atoms with E-state index in [2.05, 4.69) is 6.92 Å². The standard InChI is InChI=1S/C18H30O4/c1-2-3-10-13-16(19)17(20)14-11-8-6-4-5-7-9-12-15-18(21)22/h4-5,8,11,16,19H,2-3,6-7,9-10,12-15H2,1H3,(H,21,22)/b5-4-,11-8?. The number of ketones is 1. The van der Waals surface area contributed by atoms with Gasteiger partial charge >= 0.3 is 5.97 Å². The van der Waals surface area contributed by atoms with Crippen LogP contribution in [0.25, 0.3) is 0 Å². The van der Waals surface area contributed by atoms with Crippen LogP contribution in [-0.2, 0) is 9.59 Å². The van der Waals surface area contributed by atoms with Gasteiger partial charge in [0.05, 0.1) is 0 Å². The van der Waals surface area contributed by atoms with Crippen molar-refractivity contribution in [1.82, 2.24) is 0 Å². The van der Waals surface area contributed by atoms with Crippen molar-refractivity contribution in [2.75, 3.05) is 0 Å². The molecule has 0 aliphatic carbocycles. The topological polar surface area (TPSA) is 74.6 Å². The lowest BCUT2D eigenvalue weighted by Crippen LogP contribution is -2.19. The van der Waals surface area contributed by atoms with Crippen LogP contribution in [0.15, 0.2) is 24.3 Å². The molecule has 0 aromatic carbocycles. The molecule has 1 atom stereocenters. The number of aliphatic carboxylic acids is 1. The fourth-order valence-electron chi connectivity index (χ4n) is 2.01. The minimum Gasteiger partial charge on any atom is -0.481 e. The van der Waals surface area contributed by atoms with E-state index < -0.39 is 12.1 Å². The molecule has 0 saturated carbocycles. The zero-order valence-corrected chi connectivity index (χ0v) is 13.7. The first-order chi connectivity index (χ1) is 10.6. The third-order valence-corrected chi connectivity index (χ3v) is 3.39. The second-order valence-corrected chi connectivity index (χ2v) is 5.50. The average molecular weight is 310 g/mol. The van der Waals surface area contributed by atoms with Gasteiger partial charge in [-0.25, -0.2) is 0 Å². The van der Waals surface area contributed by atoms with Crippen LogP contribution in [0.5, 0.6) is 0 Å². The molecule has 0 fully saturated rings. The summed E-state index contributed by atoms with van der Waals surface area (Å²) in [7, 11) is 0. The number of carboxylic acid groups (broad SMARTS) is 1. The Bertz CT molecular complexity index is 358. The highest BCUT2D eigenvalue weighted by Crippen LogP contribution is 2.06. The molecule has 126 valence electrons. The first kappa shape index (κ1) is 20.6. The van der Waals surface area contributed by atoms with Crippen LogP contribution in [-0.4, -0.2) is 28.1 Å². The molecule has 0 aromatic rings. The van der Waals surface area contributed by atoms with Crippen LogP contribution < -0.4 is 0 Å². The van der Waals surface area contributed by atoms with Gasteiger partial charge in [0.1, 0.15) is 6.10 Å². The van der Waals surface area contributed by atoms with Crippen molar-refractivity contribution in [3.8, 4) is 0 Å². The molecule has 0 amide bonds. The lowest BCUT2D eigenvalue weighted by molar-refractivity contribution is -0.137. The SMILES string of the molecule is CCCCCC(O)C(=O)CC=CC/C=C\CCCCC(=O)O. The Morgan fingerprint density at radius 3 is 2.41 bits per heavy atom. The monoisotopic (exact) mass is 310 g/mol. The quantitative estimate of drug-likeness (QED) is 0.375. The molecule has 0 aliphatic rings. The number of carbonyl (C=O) groups is 2. The lowest BCUT2D eigenvalue weighted by atomic mass is 10.0. The average Bonchev–Trinajstić information content (AvgIpc) is 2.48. The zero-order chi connectivity index (χ0) is 16.6. The van der Waals surface area contributed by atoms with Gasteiger partial charge in [0.2, 0.25) is 0 Å². The molecule has 0 bridgehead atoms. The maximum atomic E-state index is 11.6. The third kappa shape index (κ3) is 13.6. The number of allylic oxidation sites excluding steroid dienone is 4. The van der Waals surface area contributed by atoms with Crippen molar-refractivity contribution in [3.05, 3.63) is 24.3 Å². The molecule has 4 heteroatoms. The van der Waals surface area contributed by atoms with Crippen LogP contribution >= 0.6 is 0 Å². The summed E-state index contributed by atoms with van der Waals surface area (Å²) >= 11 is 0. The molecule has 0 radical (unpaired) electrons. The Hall–Kier alpha value is -1.42. The van der Waals surface area contributed by atoms with Crippen LogP contribution in [0.4, 0.5) is 0 Å². The van der Waals surface area contributed by atoms with Crippen molar-refractivity contribution in [1.29, 1.82) is 0 Å². The van der Waals surface area contributed by atoms with E-state index in [0.717, 1.165) is 38.5 Å². The molecule has 0 heterocycles. The van der Waals surface area contributed by atoms with Gasteiger partial charge in [-0.15, -0.1) is 0 Å². The van der Waals surface area contributed by atoms with Gasteiger partial charge in [-0.2, -0.15) is 0 Å². The number of unbranched alkanes of at least 4 members (excludes halogenated alkanes) is 4. The highest BCUT2D eigenvalue weighted by Gasteiger charge is 2.12. The maximum Gasteiger partial charge on any atom is 0.303 e. The normalized spacial score (nSPS) is 13.0. The van der Waals surface area contributed by atoms with E-state index in [1.807, 2.05) is 18.2 Å². The molecule has 0 rings (SSSR count). The van der Waals surface area contributed by atoms with Crippen molar-refractivity contribution >= 4 is 11.8 Å². The predicted molar refractivity (Wildman–Crippen MR) is 88.8 cm³/mol. The van der Waals surface area contributed by atoms with Gasteiger partial charge in [-0.3, -0.25) is 9.59 Å². The van der Waals surface area contributed by atoms with Gasteiger partial charge < -0.3 is 10.2 Å². The molecular formula is C18H30O4. The van der Waals surface area contributed by atoms with Gasteiger partial charge in [-0.1, -0.05) is 50.5 Å². The highest BCUT2D eigenvalue weighted by atomic mass is 16.4. The summed E-state index contributed by atoms with van der Waals surface area (Å²) < 4.78 is 0. The number of rotatable bonds is 14. The van der Waals surface area contributed by atoms with Gasteiger partial charge in [0.15, 0.2) is 5.78 Å². The molecule has 22 heavy (non-hydrogen) atoms. The summed E-state index contributed by atoms with van der Waals surface area (Å²) in [6.45, 7) is 2.09. The van der Waals surface area contributed by atoms with Crippen molar-refractivity contribution in [2.24, 2.45) is 0 Å². The molecule has 0 aromatic heterocycles. The van der Waals surface area contributed by atoms with Crippen molar-refractivity contribution in [3.63, 3.8) is 0 Å². The number of hydrogen-bond acceptors (Lipinski definition) is 3. The number of aliphatic hydroxyl groups is 1. The smallest absolute Gasteiger partial charge is 0.303 e. The van der Waals surface area contributed by atoms with Crippen LogP contribution in [0.2, 0.25) is 0 Å². The number of hydrogen-bond donors (Lipinski definition) is 2. The van der Waals surface area contributed by atoms with E-state index in [0.29, 0.717) is 19.3 Å². The third-order valence-electron chi connectivity index (χ3n) is 3.39. The molecule has 1 unspecified atom stereocenters. The minimum absolute atomic E-state index is 0.106. The molecule has 4 nitrogen and oxygen atoms in total. The molecule has 0 aliphatic heterocycles. The Morgan fingerprint density at radius 1 is 1.00 bits per heavy atom. The van der Waals surface area contributed by atoms with Gasteiger partial charge in [0, 0.05) is 12.8 Å². The molecule has 0 saturated heterocycles. The number of aliphatic hydroxyl groups excluding tert-OH is 1. The van der Waals surface area contributed by atoms with E-state index in [1.165, 1.54) is 0 Å². The van der Waals surface area contributed by atoms with E-state index in [4.69, 9.17) is 5.11 Å². The highest BCUT2D eigenvalue weighted by molar-refractivity contribution is 5.84. The predicted octanol–water partition coefficient (Wildman–Crippen LogP) is 4.03. The minimum atomic E-state index is -0.819. The Kier molecular flexibility index (Phi) is 13.6. The number of carbonyl (C=O) groups excluding carboxylic acids is 1. The molecule has 2 N–H and O–H groups in total. The number of Topliss-reactive ketones (excluding diaryl/α,β-unsaturated/α-hetero) is 1. The summed E-state index contributed by atoms with van der Waals surface area (Å²) in [5.41, 5.74) is 0. The second-order valence-electron chi connectivity index (χ2n) is 5.50. The Labute approximate surface area is 133 Å². The Balaban J connectivity index is 3.60. The van der Waals surface area contributed by atoms with E-state index >= 15 is 0 Å². The number of carboxylic acids is 1. The van der Waals surface area contributed by atoms with Crippen LogP contribution in [0, 0.1) is 0 Å². The van der Waals surface area contributed by atoms with Crippen molar-refractivity contribution in [2.45, 2.75) is 77.2 Å².